The van der Waals surface area contributed by atoms with Crippen LogP contribution in [0.2, 0.25) is 0 Å². The molecular formula is C26H33N3O5. The number of aromatic nitrogens is 1. The predicted molar refractivity (Wildman–Crippen MR) is 130 cm³/mol. The van der Waals surface area contributed by atoms with Crippen molar-refractivity contribution in [3.05, 3.63) is 58.4 Å². The molecule has 1 aliphatic heterocycles. The third-order valence-corrected chi connectivity index (χ3v) is 6.21. The van der Waals surface area contributed by atoms with Gasteiger partial charge >= 0.3 is 5.97 Å². The number of amides is 2. The van der Waals surface area contributed by atoms with Gasteiger partial charge in [0.15, 0.2) is 0 Å². The molecule has 0 aliphatic carbocycles. The van der Waals surface area contributed by atoms with E-state index in [9.17, 15) is 14.4 Å². The molecule has 0 spiro atoms. The van der Waals surface area contributed by atoms with Crippen LogP contribution < -0.4 is 4.74 Å². The molecule has 2 amide bonds. The highest BCUT2D eigenvalue weighted by Crippen LogP contribution is 2.25. The van der Waals surface area contributed by atoms with E-state index in [-0.39, 0.29) is 24.4 Å². The fraction of sp³-hybridized carbons (Fsp3) is 0.423. The molecular weight excluding hydrogens is 434 g/mol. The van der Waals surface area contributed by atoms with Crippen molar-refractivity contribution in [2.75, 3.05) is 39.9 Å². The first-order chi connectivity index (χ1) is 16.3. The van der Waals surface area contributed by atoms with Crippen LogP contribution in [-0.4, -0.2) is 72.0 Å². The molecule has 34 heavy (non-hydrogen) atoms. The van der Waals surface area contributed by atoms with Gasteiger partial charge in [-0.25, -0.2) is 4.79 Å². The molecule has 2 heterocycles. The molecule has 1 saturated heterocycles. The summed E-state index contributed by atoms with van der Waals surface area (Å²) in [5, 5.41) is 0. The van der Waals surface area contributed by atoms with Crippen LogP contribution in [0.25, 0.3) is 6.08 Å². The summed E-state index contributed by atoms with van der Waals surface area (Å²) < 4.78 is 12.5. The Labute approximate surface area is 200 Å². The Balaban J connectivity index is 1.69. The van der Waals surface area contributed by atoms with Crippen LogP contribution in [0.15, 0.2) is 30.3 Å². The van der Waals surface area contributed by atoms with Crippen LogP contribution in [0.4, 0.5) is 0 Å². The Bertz CT molecular complexity index is 1090. The van der Waals surface area contributed by atoms with Gasteiger partial charge in [-0.3, -0.25) is 9.59 Å². The maximum atomic E-state index is 12.9. The molecule has 182 valence electrons. The number of methoxy groups -OCH3 is 1. The number of carbonyl (C=O) groups is 3. The highest BCUT2D eigenvalue weighted by Gasteiger charge is 2.25. The van der Waals surface area contributed by atoms with Gasteiger partial charge in [0.05, 0.1) is 19.3 Å². The molecule has 3 rings (SSSR count). The second-order valence-electron chi connectivity index (χ2n) is 8.11. The zero-order valence-corrected chi connectivity index (χ0v) is 20.6. The molecule has 0 bridgehead atoms. The molecule has 0 saturated carbocycles. The van der Waals surface area contributed by atoms with Gasteiger partial charge in [-0.1, -0.05) is 6.07 Å². The van der Waals surface area contributed by atoms with Crippen molar-refractivity contribution in [2.24, 2.45) is 0 Å². The van der Waals surface area contributed by atoms with Gasteiger partial charge in [0, 0.05) is 61.3 Å². The first-order valence-corrected chi connectivity index (χ1v) is 11.6. The number of benzene rings is 1. The lowest BCUT2D eigenvalue weighted by Gasteiger charge is -2.34. The van der Waals surface area contributed by atoms with Crippen LogP contribution in [0.1, 0.15) is 51.5 Å². The highest BCUT2D eigenvalue weighted by atomic mass is 16.5. The third-order valence-electron chi connectivity index (χ3n) is 6.21. The number of nitrogens with zero attached hydrogens (tertiary/aromatic N) is 3. The largest absolute Gasteiger partial charge is 0.497 e. The van der Waals surface area contributed by atoms with E-state index in [4.69, 9.17) is 9.47 Å². The van der Waals surface area contributed by atoms with Crippen molar-refractivity contribution < 1.29 is 23.9 Å². The van der Waals surface area contributed by atoms with Gasteiger partial charge < -0.3 is 23.8 Å². The topological polar surface area (TPSA) is 81.1 Å². The maximum Gasteiger partial charge on any atom is 0.340 e. The monoisotopic (exact) mass is 467 g/mol. The Morgan fingerprint density at radius 3 is 2.29 bits per heavy atom. The highest BCUT2D eigenvalue weighted by molar-refractivity contribution is 5.99. The van der Waals surface area contributed by atoms with E-state index in [1.54, 1.807) is 54.2 Å². The summed E-state index contributed by atoms with van der Waals surface area (Å²) in [6, 6.07) is 7.07. The average Bonchev–Trinajstić information content (AvgIpc) is 3.10. The molecule has 1 fully saturated rings. The van der Waals surface area contributed by atoms with Gasteiger partial charge in [0.25, 0.3) is 5.91 Å². The van der Waals surface area contributed by atoms with Crippen LogP contribution in [0.3, 0.4) is 0 Å². The molecule has 0 N–H and O–H groups in total. The third kappa shape index (κ3) is 5.16. The fourth-order valence-electron chi connectivity index (χ4n) is 4.38. The molecule has 1 aliphatic rings. The van der Waals surface area contributed by atoms with E-state index in [1.165, 1.54) is 6.08 Å². The number of piperazine rings is 1. The standard InChI is InChI=1S/C26H33N3O5/c1-6-29-18(3)22(24(19(29)4)26(32)34-7-2)11-12-23(30)27-13-15-28(16-14-27)25(31)20-9-8-10-21(17-20)33-5/h8-12,17H,6-7,13-16H2,1-5H3/b12-11+. The number of hydrogen-bond donors (Lipinski definition) is 0. The Hall–Kier alpha value is -3.55. The SMILES string of the molecule is CCOC(=O)c1c(/C=C/C(=O)N2CCN(C(=O)c3cccc(OC)c3)CC2)c(C)n(CC)c1C. The molecule has 1 aromatic carbocycles. The van der Waals surface area contributed by atoms with E-state index in [0.717, 1.165) is 17.9 Å². The van der Waals surface area contributed by atoms with E-state index in [1.807, 2.05) is 25.3 Å². The normalized spacial score (nSPS) is 13.9. The summed E-state index contributed by atoms with van der Waals surface area (Å²) in [5.41, 5.74) is 3.52. The summed E-state index contributed by atoms with van der Waals surface area (Å²) in [4.78, 5) is 41.7. The minimum absolute atomic E-state index is 0.0763. The second kappa shape index (κ2) is 11.0. The molecule has 2 aromatic rings. The lowest BCUT2D eigenvalue weighted by atomic mass is 10.1. The summed E-state index contributed by atoms with van der Waals surface area (Å²) in [6.07, 6.45) is 3.21. The van der Waals surface area contributed by atoms with E-state index >= 15 is 0 Å². The first kappa shape index (κ1) is 25.1. The van der Waals surface area contributed by atoms with Crippen LogP contribution in [0.5, 0.6) is 5.75 Å². The molecule has 8 heteroatoms. The average molecular weight is 468 g/mol. The van der Waals surface area contributed by atoms with E-state index in [0.29, 0.717) is 48.6 Å². The summed E-state index contributed by atoms with van der Waals surface area (Å²) in [6.45, 7) is 10.4. The van der Waals surface area contributed by atoms with Gasteiger partial charge in [0.1, 0.15) is 5.75 Å². The lowest BCUT2D eigenvalue weighted by molar-refractivity contribution is -0.127. The van der Waals surface area contributed by atoms with Crippen molar-refractivity contribution in [3.63, 3.8) is 0 Å². The smallest absolute Gasteiger partial charge is 0.340 e. The van der Waals surface area contributed by atoms with Crippen molar-refractivity contribution in [1.82, 2.24) is 14.4 Å². The molecule has 0 atom stereocenters. The molecule has 0 radical (unpaired) electrons. The van der Waals surface area contributed by atoms with E-state index in [2.05, 4.69) is 0 Å². The molecule has 1 aromatic heterocycles. The minimum Gasteiger partial charge on any atom is -0.497 e. The minimum atomic E-state index is -0.382. The Kier molecular flexibility index (Phi) is 8.15. The maximum absolute atomic E-state index is 12.9. The second-order valence-corrected chi connectivity index (χ2v) is 8.11. The van der Waals surface area contributed by atoms with Crippen LogP contribution in [-0.2, 0) is 16.1 Å². The zero-order valence-electron chi connectivity index (χ0n) is 20.6. The van der Waals surface area contributed by atoms with Crippen molar-refractivity contribution in [3.8, 4) is 5.75 Å². The van der Waals surface area contributed by atoms with Gasteiger partial charge in [-0.05, 0) is 52.0 Å². The Morgan fingerprint density at radius 1 is 1.00 bits per heavy atom. The van der Waals surface area contributed by atoms with Crippen molar-refractivity contribution in [2.45, 2.75) is 34.2 Å². The van der Waals surface area contributed by atoms with Crippen LogP contribution in [0, 0.1) is 13.8 Å². The lowest BCUT2D eigenvalue weighted by Crippen LogP contribution is -2.50. The van der Waals surface area contributed by atoms with Gasteiger partial charge in [-0.2, -0.15) is 0 Å². The molecule has 8 nitrogen and oxygen atoms in total. The zero-order chi connectivity index (χ0) is 24.8. The van der Waals surface area contributed by atoms with Gasteiger partial charge in [0.2, 0.25) is 5.91 Å². The van der Waals surface area contributed by atoms with E-state index < -0.39 is 0 Å². The van der Waals surface area contributed by atoms with Gasteiger partial charge in [-0.15, -0.1) is 0 Å². The summed E-state index contributed by atoms with van der Waals surface area (Å²) in [7, 11) is 1.57. The number of rotatable bonds is 7. The number of hydrogen-bond acceptors (Lipinski definition) is 5. The quantitative estimate of drug-likeness (QED) is 0.461. The summed E-state index contributed by atoms with van der Waals surface area (Å²) in [5.74, 6) is 0.0266. The number of ether oxygens (including phenoxy) is 2. The van der Waals surface area contributed by atoms with Crippen molar-refractivity contribution in [1.29, 1.82) is 0 Å². The van der Waals surface area contributed by atoms with Crippen LogP contribution >= 0.6 is 0 Å². The molecule has 0 unspecified atom stereocenters. The van der Waals surface area contributed by atoms with Crippen molar-refractivity contribution >= 4 is 23.9 Å². The fourth-order valence-corrected chi connectivity index (χ4v) is 4.38. The number of carbonyl (C=O) groups excluding carboxylic acids is 3. The number of esters is 1. The Morgan fingerprint density at radius 2 is 1.68 bits per heavy atom. The predicted octanol–water partition coefficient (Wildman–Crippen LogP) is 3.31. The summed E-state index contributed by atoms with van der Waals surface area (Å²) >= 11 is 0. The first-order valence-electron chi connectivity index (χ1n) is 11.6.